The van der Waals surface area contributed by atoms with Gasteiger partial charge in [-0.15, -0.1) is 0 Å². The zero-order chi connectivity index (χ0) is 8.72. The van der Waals surface area contributed by atoms with Gasteiger partial charge in [-0.3, -0.25) is 9.98 Å². The molecule has 2 aromatic rings. The molecule has 0 unspecified atom stereocenters. The van der Waals surface area contributed by atoms with Gasteiger partial charge in [-0.05, 0) is 18.2 Å². The van der Waals surface area contributed by atoms with Gasteiger partial charge in [0.15, 0.2) is 5.58 Å². The fraction of sp³-hybridized carbons (Fsp3) is 0.125. The van der Waals surface area contributed by atoms with E-state index in [1.54, 1.807) is 29.8 Å². The second kappa shape index (κ2) is 2.14. The quantitative estimate of drug-likeness (QED) is 0.565. The number of nitrogens with zero attached hydrogens (tertiary/aromatic N) is 1. The molecule has 12 heavy (non-hydrogen) atoms. The fourth-order valence-electron chi connectivity index (χ4n) is 1.16. The van der Waals surface area contributed by atoms with Crippen molar-refractivity contribution in [3.8, 4) is 0 Å². The smallest absolute Gasteiger partial charge is 0.294 e. The van der Waals surface area contributed by atoms with Crippen LogP contribution in [0.2, 0.25) is 0 Å². The van der Waals surface area contributed by atoms with E-state index in [1.807, 2.05) is 0 Å². The van der Waals surface area contributed by atoms with Crippen molar-refractivity contribution in [2.24, 2.45) is 7.05 Å². The van der Waals surface area contributed by atoms with Crippen molar-refractivity contribution in [1.29, 1.82) is 5.41 Å². The van der Waals surface area contributed by atoms with Crippen molar-refractivity contribution >= 4 is 16.8 Å². The number of nitrogens with one attached hydrogen (secondary N) is 1. The maximum Gasteiger partial charge on any atom is 0.294 e. The Balaban J connectivity index is 2.98. The minimum Gasteiger partial charge on any atom is -0.424 e. The second-order valence-corrected chi connectivity index (χ2v) is 2.69. The first-order valence-corrected chi connectivity index (χ1v) is 3.58. The van der Waals surface area contributed by atoms with Crippen LogP contribution in [-0.2, 0) is 7.05 Å². The molecule has 1 aromatic carbocycles. The average Bonchev–Trinajstić information content (AvgIpc) is 2.31. The number of nitrogen functional groups attached to an aromatic ring is 1. The average molecular weight is 163 g/mol. The number of aromatic nitrogens is 1. The van der Waals surface area contributed by atoms with Crippen LogP contribution in [0.15, 0.2) is 22.6 Å². The number of hydrogen-bond acceptors (Lipinski definition) is 3. The Bertz CT molecular complexity index is 480. The lowest BCUT2D eigenvalue weighted by Crippen LogP contribution is -2.08. The van der Waals surface area contributed by atoms with E-state index in [4.69, 9.17) is 15.6 Å². The Labute approximate surface area is 68.7 Å². The van der Waals surface area contributed by atoms with Crippen molar-refractivity contribution in [2.75, 3.05) is 5.73 Å². The number of benzene rings is 1. The topological polar surface area (TPSA) is 67.9 Å². The third-order valence-electron chi connectivity index (χ3n) is 1.86. The molecule has 4 nitrogen and oxygen atoms in total. The van der Waals surface area contributed by atoms with E-state index in [0.29, 0.717) is 11.3 Å². The summed E-state index contributed by atoms with van der Waals surface area (Å²) < 4.78 is 6.77. The van der Waals surface area contributed by atoms with Gasteiger partial charge in [-0.2, -0.15) is 0 Å². The van der Waals surface area contributed by atoms with E-state index >= 15 is 0 Å². The van der Waals surface area contributed by atoms with Gasteiger partial charge >= 0.3 is 0 Å². The second-order valence-electron chi connectivity index (χ2n) is 2.69. The molecule has 0 aliphatic heterocycles. The Hall–Kier alpha value is -1.71. The predicted molar refractivity (Wildman–Crippen MR) is 45.5 cm³/mol. The largest absolute Gasteiger partial charge is 0.424 e. The minimum atomic E-state index is 0.135. The molecule has 0 amide bonds. The van der Waals surface area contributed by atoms with Crippen LogP contribution in [0.25, 0.3) is 11.1 Å². The highest BCUT2D eigenvalue weighted by Gasteiger charge is 2.02. The van der Waals surface area contributed by atoms with Crippen LogP contribution >= 0.6 is 0 Å². The standard InChI is InChI=1S/C8H9N3O/c1-11-6-4-5(9)2-3-7(6)12-8(11)10/h2-4,10H,9H2,1H3. The molecule has 0 saturated carbocycles. The summed E-state index contributed by atoms with van der Waals surface area (Å²) in [6.45, 7) is 0. The van der Waals surface area contributed by atoms with E-state index < -0.39 is 0 Å². The SMILES string of the molecule is Cn1c(=N)oc2ccc(N)cc21. The van der Waals surface area contributed by atoms with E-state index in [0.717, 1.165) is 5.52 Å². The molecule has 0 aliphatic rings. The van der Waals surface area contributed by atoms with Crippen LogP contribution < -0.4 is 11.4 Å². The van der Waals surface area contributed by atoms with Crippen molar-refractivity contribution < 1.29 is 4.42 Å². The summed E-state index contributed by atoms with van der Waals surface area (Å²) >= 11 is 0. The highest BCUT2D eigenvalue weighted by molar-refractivity contribution is 5.76. The summed E-state index contributed by atoms with van der Waals surface area (Å²) in [6.07, 6.45) is 0. The van der Waals surface area contributed by atoms with E-state index in [-0.39, 0.29) is 5.68 Å². The minimum absolute atomic E-state index is 0.135. The maximum absolute atomic E-state index is 7.37. The first-order valence-electron chi connectivity index (χ1n) is 3.58. The van der Waals surface area contributed by atoms with Gasteiger partial charge in [-0.25, -0.2) is 0 Å². The van der Waals surface area contributed by atoms with Gasteiger partial charge in [0.25, 0.3) is 5.68 Å². The third kappa shape index (κ3) is 0.812. The Morgan fingerprint density at radius 1 is 1.50 bits per heavy atom. The molecule has 0 radical (unpaired) electrons. The van der Waals surface area contributed by atoms with Gasteiger partial charge in [0.05, 0.1) is 5.52 Å². The zero-order valence-corrected chi connectivity index (χ0v) is 6.66. The summed E-state index contributed by atoms with van der Waals surface area (Å²) in [5.41, 5.74) is 7.94. The van der Waals surface area contributed by atoms with Crippen LogP contribution in [0, 0.1) is 5.41 Å². The van der Waals surface area contributed by atoms with Crippen LogP contribution in [0.4, 0.5) is 5.69 Å². The molecule has 0 atom stereocenters. The van der Waals surface area contributed by atoms with Gasteiger partial charge < -0.3 is 10.2 Å². The monoisotopic (exact) mass is 163 g/mol. The number of hydrogen-bond donors (Lipinski definition) is 2. The third-order valence-corrected chi connectivity index (χ3v) is 1.86. The van der Waals surface area contributed by atoms with Crippen LogP contribution in [-0.4, -0.2) is 4.57 Å². The number of oxazole rings is 1. The molecule has 2 rings (SSSR count). The molecule has 1 aromatic heterocycles. The molecule has 0 bridgehead atoms. The normalized spacial score (nSPS) is 10.8. The molecule has 62 valence electrons. The van der Waals surface area contributed by atoms with Crippen molar-refractivity contribution in [1.82, 2.24) is 4.57 Å². The van der Waals surface area contributed by atoms with Crippen LogP contribution in [0.3, 0.4) is 0 Å². The number of anilines is 1. The van der Waals surface area contributed by atoms with Gasteiger partial charge in [0.1, 0.15) is 0 Å². The van der Waals surface area contributed by atoms with Crippen LogP contribution in [0.5, 0.6) is 0 Å². The number of fused-ring (bicyclic) bond motifs is 1. The van der Waals surface area contributed by atoms with Crippen molar-refractivity contribution in [2.45, 2.75) is 0 Å². The molecule has 0 spiro atoms. The molecule has 0 saturated heterocycles. The molecule has 0 fully saturated rings. The first kappa shape index (κ1) is 6.97. The number of aryl methyl sites for hydroxylation is 1. The predicted octanol–water partition coefficient (Wildman–Crippen LogP) is 0.833. The van der Waals surface area contributed by atoms with Gasteiger partial charge in [0.2, 0.25) is 0 Å². The molecular formula is C8H9N3O. The summed E-state index contributed by atoms with van der Waals surface area (Å²) in [5, 5.41) is 7.37. The summed E-state index contributed by atoms with van der Waals surface area (Å²) in [7, 11) is 1.77. The van der Waals surface area contributed by atoms with Gasteiger partial charge in [-0.1, -0.05) is 0 Å². The van der Waals surface area contributed by atoms with Crippen molar-refractivity contribution in [3.63, 3.8) is 0 Å². The molecule has 3 N–H and O–H groups in total. The summed E-state index contributed by atoms with van der Waals surface area (Å²) in [5.74, 6) is 0. The lowest BCUT2D eigenvalue weighted by molar-refractivity contribution is 0.496. The fourth-order valence-corrected chi connectivity index (χ4v) is 1.16. The zero-order valence-electron chi connectivity index (χ0n) is 6.66. The lowest BCUT2D eigenvalue weighted by Gasteiger charge is -1.93. The number of nitrogens with two attached hydrogens (primary N) is 1. The summed E-state index contributed by atoms with van der Waals surface area (Å²) in [6, 6.07) is 5.31. The Kier molecular flexibility index (Phi) is 1.24. The maximum atomic E-state index is 7.37. The number of rotatable bonds is 0. The highest BCUT2D eigenvalue weighted by Crippen LogP contribution is 2.14. The molecular weight excluding hydrogens is 154 g/mol. The molecule has 1 heterocycles. The van der Waals surface area contributed by atoms with E-state index in [2.05, 4.69) is 0 Å². The highest BCUT2D eigenvalue weighted by atomic mass is 16.3. The molecule has 4 heteroatoms. The summed E-state index contributed by atoms with van der Waals surface area (Å²) in [4.78, 5) is 0. The van der Waals surface area contributed by atoms with Crippen molar-refractivity contribution in [3.05, 3.63) is 23.9 Å². The first-order chi connectivity index (χ1) is 5.68. The van der Waals surface area contributed by atoms with Crippen LogP contribution in [0.1, 0.15) is 0 Å². The lowest BCUT2D eigenvalue weighted by atomic mass is 10.3. The van der Waals surface area contributed by atoms with E-state index in [9.17, 15) is 0 Å². The Morgan fingerprint density at radius 2 is 2.25 bits per heavy atom. The Morgan fingerprint density at radius 3 is 3.00 bits per heavy atom. The molecule has 0 aliphatic carbocycles. The van der Waals surface area contributed by atoms with E-state index in [1.165, 1.54) is 0 Å². The van der Waals surface area contributed by atoms with Gasteiger partial charge in [0, 0.05) is 12.7 Å².